The Hall–Kier alpha value is -2.37. The normalized spacial score (nSPS) is 13.6. The van der Waals surface area contributed by atoms with Crippen molar-refractivity contribution in [2.45, 2.75) is 6.54 Å². The van der Waals surface area contributed by atoms with E-state index in [4.69, 9.17) is 21.6 Å². The van der Waals surface area contributed by atoms with Crippen LogP contribution >= 0.6 is 23.4 Å². The van der Waals surface area contributed by atoms with Gasteiger partial charge in [-0.15, -0.1) is 11.8 Å². The first-order valence-corrected chi connectivity index (χ1v) is 9.87. The zero-order chi connectivity index (χ0) is 17.9. The number of rotatable bonds is 3. The number of nitrogens with zero attached hydrogens (tertiary/aromatic N) is 4. The molecule has 0 atom stereocenters. The molecule has 0 saturated carbocycles. The lowest BCUT2D eigenvalue weighted by molar-refractivity contribution is 0.691. The van der Waals surface area contributed by atoms with E-state index in [0.29, 0.717) is 18.1 Å². The predicted octanol–water partition coefficient (Wildman–Crippen LogP) is 4.83. The van der Waals surface area contributed by atoms with E-state index in [-0.39, 0.29) is 0 Å². The Bertz CT molecular complexity index is 975. The highest BCUT2D eigenvalue weighted by atomic mass is 35.5. The van der Waals surface area contributed by atoms with E-state index in [0.717, 1.165) is 27.7 Å². The van der Waals surface area contributed by atoms with Crippen molar-refractivity contribution >= 4 is 39.9 Å². The quantitative estimate of drug-likeness (QED) is 0.653. The van der Waals surface area contributed by atoms with Gasteiger partial charge in [0.1, 0.15) is 5.04 Å². The molecule has 6 heteroatoms. The van der Waals surface area contributed by atoms with Crippen molar-refractivity contribution in [1.82, 2.24) is 9.78 Å². The molecule has 4 rings (SSSR count). The molecule has 1 aliphatic rings. The number of hydrogen-bond donors (Lipinski definition) is 0. The van der Waals surface area contributed by atoms with Gasteiger partial charge >= 0.3 is 0 Å². The predicted molar refractivity (Wildman–Crippen MR) is 110 cm³/mol. The molecule has 0 radical (unpaired) electrons. The van der Waals surface area contributed by atoms with Crippen LogP contribution in [0.25, 0.3) is 0 Å². The second-order valence-electron chi connectivity index (χ2n) is 5.92. The zero-order valence-electron chi connectivity index (χ0n) is 14.3. The van der Waals surface area contributed by atoms with Gasteiger partial charge in [0.15, 0.2) is 5.82 Å². The molecule has 4 nitrogen and oxygen atoms in total. The van der Waals surface area contributed by atoms with E-state index in [2.05, 4.69) is 17.2 Å². The third kappa shape index (κ3) is 3.45. The fraction of sp³-hybridized carbons (Fsp3) is 0.150. The van der Waals surface area contributed by atoms with Gasteiger partial charge in [0.05, 0.1) is 30.6 Å². The van der Waals surface area contributed by atoms with Crippen LogP contribution in [0.5, 0.6) is 0 Å². The molecule has 0 aliphatic carbocycles. The SMILES string of the molecule is CSC1=NCC(c2ccc(Cl)cc2)=Nc2c1cnn2Cc1ccccc1. The van der Waals surface area contributed by atoms with Crippen LogP contribution in [0.15, 0.2) is 70.8 Å². The fourth-order valence-corrected chi connectivity index (χ4v) is 3.57. The Labute approximate surface area is 161 Å². The van der Waals surface area contributed by atoms with Gasteiger partial charge in [0.2, 0.25) is 0 Å². The molecule has 0 N–H and O–H groups in total. The van der Waals surface area contributed by atoms with Crippen molar-refractivity contribution < 1.29 is 0 Å². The van der Waals surface area contributed by atoms with Crippen LogP contribution in [0.3, 0.4) is 0 Å². The Morgan fingerprint density at radius 1 is 1.08 bits per heavy atom. The van der Waals surface area contributed by atoms with Crippen LogP contribution in [0.4, 0.5) is 5.82 Å². The largest absolute Gasteiger partial charge is 0.271 e. The molecule has 1 aromatic heterocycles. The van der Waals surface area contributed by atoms with E-state index >= 15 is 0 Å². The summed E-state index contributed by atoms with van der Waals surface area (Å²) in [5.41, 5.74) is 4.12. The van der Waals surface area contributed by atoms with Crippen LogP contribution in [0, 0.1) is 0 Å². The summed E-state index contributed by atoms with van der Waals surface area (Å²) in [5.74, 6) is 0.851. The van der Waals surface area contributed by atoms with Crippen molar-refractivity contribution in [1.29, 1.82) is 0 Å². The Kier molecular flexibility index (Phi) is 4.91. The maximum Gasteiger partial charge on any atom is 0.161 e. The standard InChI is InChI=1S/C20H17ClN4S/c1-26-20-17-11-23-25(13-14-5-3-2-4-6-14)19(17)24-18(12-22-20)15-7-9-16(21)10-8-15/h2-11H,12-13H2,1H3. The van der Waals surface area contributed by atoms with Crippen molar-refractivity contribution in [2.75, 3.05) is 12.8 Å². The van der Waals surface area contributed by atoms with E-state index < -0.39 is 0 Å². The summed E-state index contributed by atoms with van der Waals surface area (Å²) in [6.45, 7) is 1.22. The lowest BCUT2D eigenvalue weighted by Gasteiger charge is -2.07. The average molecular weight is 381 g/mol. The smallest absolute Gasteiger partial charge is 0.161 e. The second-order valence-corrected chi connectivity index (χ2v) is 7.15. The van der Waals surface area contributed by atoms with E-state index in [1.54, 1.807) is 11.8 Å². The van der Waals surface area contributed by atoms with Gasteiger partial charge in [-0.3, -0.25) is 4.99 Å². The fourth-order valence-electron chi connectivity index (χ4n) is 2.89. The van der Waals surface area contributed by atoms with E-state index in [1.165, 1.54) is 5.56 Å². The first-order chi connectivity index (χ1) is 12.7. The molecule has 2 aromatic carbocycles. The van der Waals surface area contributed by atoms with Gasteiger partial charge in [-0.25, -0.2) is 9.67 Å². The molecule has 1 aliphatic heterocycles. The Morgan fingerprint density at radius 3 is 2.58 bits per heavy atom. The molecule has 0 unspecified atom stereocenters. The van der Waals surface area contributed by atoms with E-state index in [9.17, 15) is 0 Å². The molecule has 3 aromatic rings. The maximum atomic E-state index is 6.02. The number of aromatic nitrogens is 2. The number of aliphatic imine (C=N–C) groups is 2. The molecule has 0 fully saturated rings. The summed E-state index contributed by atoms with van der Waals surface area (Å²) in [4.78, 5) is 9.69. The summed E-state index contributed by atoms with van der Waals surface area (Å²) >= 11 is 7.65. The van der Waals surface area contributed by atoms with Gasteiger partial charge in [0.25, 0.3) is 0 Å². The molecule has 130 valence electrons. The lowest BCUT2D eigenvalue weighted by Crippen LogP contribution is -2.06. The van der Waals surface area contributed by atoms with Gasteiger partial charge in [-0.05, 0) is 29.5 Å². The van der Waals surface area contributed by atoms with Crippen molar-refractivity contribution in [3.8, 4) is 0 Å². The van der Waals surface area contributed by atoms with Crippen LogP contribution in [-0.4, -0.2) is 33.3 Å². The first kappa shape index (κ1) is 17.1. The summed E-state index contributed by atoms with van der Waals surface area (Å²) in [7, 11) is 0. The molecular formula is C20H17ClN4S. The monoisotopic (exact) mass is 380 g/mol. The molecule has 26 heavy (non-hydrogen) atoms. The van der Waals surface area contributed by atoms with E-state index in [1.807, 2.05) is 59.6 Å². The molecule has 0 saturated heterocycles. The molecule has 0 bridgehead atoms. The number of halogens is 1. The zero-order valence-corrected chi connectivity index (χ0v) is 15.8. The third-order valence-corrected chi connectivity index (χ3v) is 5.19. The Balaban J connectivity index is 1.78. The summed E-state index contributed by atoms with van der Waals surface area (Å²) < 4.78 is 1.94. The highest BCUT2D eigenvalue weighted by molar-refractivity contribution is 8.13. The van der Waals surface area contributed by atoms with Crippen molar-refractivity contribution in [2.24, 2.45) is 9.98 Å². The maximum absolute atomic E-state index is 6.02. The topological polar surface area (TPSA) is 42.5 Å². The first-order valence-electron chi connectivity index (χ1n) is 8.26. The highest BCUT2D eigenvalue weighted by Crippen LogP contribution is 2.28. The van der Waals surface area contributed by atoms with Crippen LogP contribution in [-0.2, 0) is 6.54 Å². The van der Waals surface area contributed by atoms with Gasteiger partial charge in [-0.2, -0.15) is 5.10 Å². The average Bonchev–Trinajstić information content (AvgIpc) is 2.95. The minimum Gasteiger partial charge on any atom is -0.271 e. The molecular weight excluding hydrogens is 364 g/mol. The summed E-state index contributed by atoms with van der Waals surface area (Å²) in [6.07, 6.45) is 3.90. The second kappa shape index (κ2) is 7.48. The van der Waals surface area contributed by atoms with Crippen LogP contribution in [0.2, 0.25) is 5.02 Å². The Morgan fingerprint density at radius 2 is 1.85 bits per heavy atom. The molecule has 0 spiro atoms. The van der Waals surface area contributed by atoms with Crippen LogP contribution < -0.4 is 0 Å². The van der Waals surface area contributed by atoms with Gasteiger partial charge < -0.3 is 0 Å². The van der Waals surface area contributed by atoms with Gasteiger partial charge in [0, 0.05) is 5.02 Å². The lowest BCUT2D eigenvalue weighted by atomic mass is 10.1. The third-order valence-electron chi connectivity index (χ3n) is 4.20. The number of benzene rings is 2. The summed E-state index contributed by atoms with van der Waals surface area (Å²) in [5, 5.41) is 6.25. The minimum absolute atomic E-state index is 0.540. The molecule has 2 heterocycles. The van der Waals surface area contributed by atoms with Gasteiger partial charge in [-0.1, -0.05) is 54.1 Å². The highest BCUT2D eigenvalue weighted by Gasteiger charge is 2.20. The number of fused-ring (bicyclic) bond motifs is 1. The minimum atomic E-state index is 0.540. The van der Waals surface area contributed by atoms with Crippen molar-refractivity contribution in [3.05, 3.63) is 82.5 Å². The molecule has 0 amide bonds. The van der Waals surface area contributed by atoms with Crippen LogP contribution in [0.1, 0.15) is 16.7 Å². The number of hydrogen-bond acceptors (Lipinski definition) is 4. The summed E-state index contributed by atoms with van der Waals surface area (Å²) in [6, 6.07) is 18.0. The number of thioether (sulfide) groups is 1. The van der Waals surface area contributed by atoms with Crippen molar-refractivity contribution in [3.63, 3.8) is 0 Å².